The second-order valence-corrected chi connectivity index (χ2v) is 9.72. The molecule has 0 atom stereocenters. The van der Waals surface area contributed by atoms with E-state index in [2.05, 4.69) is 0 Å². The highest BCUT2D eigenvalue weighted by molar-refractivity contribution is 7.93. The molecule has 0 amide bonds. The molecular weight excluding hydrogens is 380 g/mol. The topological polar surface area (TPSA) is 93.2 Å². The summed E-state index contributed by atoms with van der Waals surface area (Å²) in [6, 6.07) is 10.6. The van der Waals surface area contributed by atoms with Gasteiger partial charge in [0, 0.05) is 20.2 Å². The first kappa shape index (κ1) is 18.3. The number of anilines is 2. The Morgan fingerprint density at radius 3 is 1.92 bits per heavy atom. The van der Waals surface area contributed by atoms with Gasteiger partial charge in [0.15, 0.2) is 11.5 Å². The van der Waals surface area contributed by atoms with E-state index >= 15 is 0 Å². The van der Waals surface area contributed by atoms with E-state index in [1.165, 1.54) is 26.2 Å². The van der Waals surface area contributed by atoms with E-state index in [0.29, 0.717) is 22.9 Å². The molecule has 140 valence electrons. The Morgan fingerprint density at radius 1 is 0.808 bits per heavy atom. The standard InChI is InChI=1S/C16H18N2O6S2/c1-17(25(3,19)20)12-4-6-13(7-5-12)18(2)26(21,22)14-8-9-15-16(10-14)24-11-23-15/h4-10H,11H2,1-3H3. The predicted octanol–water partition coefficient (Wildman–Crippen LogP) is 1.64. The van der Waals surface area contributed by atoms with Crippen LogP contribution in [0.3, 0.4) is 0 Å². The van der Waals surface area contributed by atoms with Crippen molar-refractivity contribution in [3.8, 4) is 11.5 Å². The summed E-state index contributed by atoms with van der Waals surface area (Å²) in [5.74, 6) is 0.879. The summed E-state index contributed by atoms with van der Waals surface area (Å²) in [6.07, 6.45) is 1.09. The molecule has 10 heteroatoms. The average molecular weight is 398 g/mol. The fourth-order valence-electron chi connectivity index (χ4n) is 2.40. The Morgan fingerprint density at radius 2 is 1.35 bits per heavy atom. The highest BCUT2D eigenvalue weighted by Crippen LogP contribution is 2.35. The van der Waals surface area contributed by atoms with Crippen molar-refractivity contribution in [3.05, 3.63) is 42.5 Å². The van der Waals surface area contributed by atoms with Crippen LogP contribution in [0, 0.1) is 0 Å². The Bertz CT molecular complexity index is 1030. The van der Waals surface area contributed by atoms with Crippen molar-refractivity contribution in [1.82, 2.24) is 0 Å². The highest BCUT2D eigenvalue weighted by atomic mass is 32.2. The lowest BCUT2D eigenvalue weighted by Gasteiger charge is -2.21. The molecular formula is C16H18N2O6S2. The molecule has 0 fully saturated rings. The minimum absolute atomic E-state index is 0.0595. The maximum Gasteiger partial charge on any atom is 0.264 e. The SMILES string of the molecule is CN(c1ccc(N(C)S(=O)(=O)c2ccc3c(c2)OCO3)cc1)S(C)(=O)=O. The third-order valence-electron chi connectivity index (χ3n) is 4.08. The highest BCUT2D eigenvalue weighted by Gasteiger charge is 2.25. The molecule has 3 rings (SSSR count). The largest absolute Gasteiger partial charge is 0.454 e. The second kappa shape index (κ2) is 6.36. The van der Waals surface area contributed by atoms with Crippen LogP contribution in [0.4, 0.5) is 11.4 Å². The lowest BCUT2D eigenvalue weighted by Crippen LogP contribution is -2.27. The van der Waals surface area contributed by atoms with Gasteiger partial charge in [-0.3, -0.25) is 8.61 Å². The Labute approximate surface area is 152 Å². The number of benzene rings is 2. The molecule has 0 spiro atoms. The Kier molecular flexibility index (Phi) is 4.49. The second-order valence-electron chi connectivity index (χ2n) is 5.73. The molecule has 8 nitrogen and oxygen atoms in total. The fourth-order valence-corrected chi connectivity index (χ4v) is 4.11. The molecule has 2 aromatic carbocycles. The smallest absolute Gasteiger partial charge is 0.264 e. The van der Waals surface area contributed by atoms with Crippen LogP contribution in [0.2, 0.25) is 0 Å². The van der Waals surface area contributed by atoms with Gasteiger partial charge < -0.3 is 9.47 Å². The lowest BCUT2D eigenvalue weighted by atomic mass is 10.3. The zero-order valence-electron chi connectivity index (χ0n) is 14.4. The number of hydrogen-bond acceptors (Lipinski definition) is 6. The van der Waals surface area contributed by atoms with Crippen LogP contribution >= 0.6 is 0 Å². The van der Waals surface area contributed by atoms with E-state index in [0.717, 1.165) is 14.9 Å². The summed E-state index contributed by atoms with van der Waals surface area (Å²) in [6.45, 7) is 0.0595. The van der Waals surface area contributed by atoms with Crippen LogP contribution in [0.15, 0.2) is 47.4 Å². The van der Waals surface area contributed by atoms with Gasteiger partial charge in [-0.2, -0.15) is 0 Å². The number of fused-ring (bicyclic) bond motifs is 1. The van der Waals surface area contributed by atoms with Crippen molar-refractivity contribution in [2.75, 3.05) is 35.8 Å². The van der Waals surface area contributed by atoms with Gasteiger partial charge in [-0.05, 0) is 36.4 Å². The maximum atomic E-state index is 12.8. The Hall–Kier alpha value is -2.46. The molecule has 0 bridgehead atoms. The van der Waals surface area contributed by atoms with E-state index < -0.39 is 20.0 Å². The van der Waals surface area contributed by atoms with Crippen LogP contribution in [0.25, 0.3) is 0 Å². The number of nitrogens with zero attached hydrogens (tertiary/aromatic N) is 2. The van der Waals surface area contributed by atoms with Crippen LogP contribution in [-0.4, -0.2) is 44.0 Å². The summed E-state index contributed by atoms with van der Waals surface area (Å²) in [5.41, 5.74) is 0.832. The van der Waals surface area contributed by atoms with Crippen LogP contribution in [0.5, 0.6) is 11.5 Å². The number of rotatable bonds is 5. The summed E-state index contributed by atoms with van der Waals surface area (Å²) >= 11 is 0. The first-order chi connectivity index (χ1) is 12.1. The van der Waals surface area contributed by atoms with Gasteiger partial charge in [-0.25, -0.2) is 16.8 Å². The molecule has 0 radical (unpaired) electrons. The molecule has 0 saturated heterocycles. The van der Waals surface area contributed by atoms with Crippen LogP contribution in [-0.2, 0) is 20.0 Å². The summed E-state index contributed by atoms with van der Waals surface area (Å²) in [7, 11) is -4.35. The number of ether oxygens (including phenoxy) is 2. The lowest BCUT2D eigenvalue weighted by molar-refractivity contribution is 0.174. The minimum atomic E-state index is -3.81. The summed E-state index contributed by atoms with van der Waals surface area (Å²) in [5, 5.41) is 0. The quantitative estimate of drug-likeness (QED) is 0.760. The van der Waals surface area contributed by atoms with Gasteiger partial charge in [0.25, 0.3) is 10.0 Å². The average Bonchev–Trinajstić information content (AvgIpc) is 3.07. The zero-order chi connectivity index (χ0) is 19.1. The van der Waals surface area contributed by atoms with Gasteiger partial charge in [-0.15, -0.1) is 0 Å². The van der Waals surface area contributed by atoms with E-state index in [1.807, 2.05) is 0 Å². The van der Waals surface area contributed by atoms with Crippen molar-refractivity contribution in [2.45, 2.75) is 4.90 Å². The third-order valence-corrected chi connectivity index (χ3v) is 7.06. The van der Waals surface area contributed by atoms with E-state index in [4.69, 9.17) is 9.47 Å². The number of sulfonamides is 2. The van der Waals surface area contributed by atoms with Gasteiger partial charge >= 0.3 is 0 Å². The molecule has 0 saturated carbocycles. The molecule has 26 heavy (non-hydrogen) atoms. The first-order valence-electron chi connectivity index (χ1n) is 7.53. The molecule has 1 aliphatic rings. The molecule has 2 aromatic rings. The summed E-state index contributed by atoms with van der Waals surface area (Å²) < 4.78 is 61.5. The van der Waals surface area contributed by atoms with Crippen LogP contribution in [0.1, 0.15) is 0 Å². The van der Waals surface area contributed by atoms with Crippen molar-refractivity contribution in [1.29, 1.82) is 0 Å². The van der Waals surface area contributed by atoms with Crippen molar-refractivity contribution in [3.63, 3.8) is 0 Å². The van der Waals surface area contributed by atoms with Crippen molar-refractivity contribution in [2.24, 2.45) is 0 Å². The molecule has 1 aliphatic heterocycles. The fraction of sp³-hybridized carbons (Fsp3) is 0.250. The van der Waals surface area contributed by atoms with Gasteiger partial charge in [-0.1, -0.05) is 0 Å². The molecule has 0 unspecified atom stereocenters. The summed E-state index contributed by atoms with van der Waals surface area (Å²) in [4.78, 5) is 0.0709. The maximum absolute atomic E-state index is 12.8. The third kappa shape index (κ3) is 3.29. The molecule has 0 aromatic heterocycles. The van der Waals surface area contributed by atoms with E-state index in [9.17, 15) is 16.8 Å². The van der Waals surface area contributed by atoms with Crippen molar-refractivity contribution >= 4 is 31.4 Å². The molecule has 0 aliphatic carbocycles. The normalized spacial score (nSPS) is 13.5. The van der Waals surface area contributed by atoms with Gasteiger partial charge in [0.2, 0.25) is 16.8 Å². The van der Waals surface area contributed by atoms with Gasteiger partial charge in [0.05, 0.1) is 22.5 Å². The number of hydrogen-bond donors (Lipinski definition) is 0. The molecule has 1 heterocycles. The molecule has 0 N–H and O–H groups in total. The van der Waals surface area contributed by atoms with Crippen LogP contribution < -0.4 is 18.1 Å². The van der Waals surface area contributed by atoms with Crippen molar-refractivity contribution < 1.29 is 26.3 Å². The first-order valence-corrected chi connectivity index (χ1v) is 10.8. The predicted molar refractivity (Wildman–Crippen MR) is 97.8 cm³/mol. The van der Waals surface area contributed by atoms with Gasteiger partial charge in [0.1, 0.15) is 0 Å². The van der Waals surface area contributed by atoms with E-state index in [-0.39, 0.29) is 11.7 Å². The zero-order valence-corrected chi connectivity index (χ0v) is 16.0. The monoisotopic (exact) mass is 398 g/mol. The minimum Gasteiger partial charge on any atom is -0.454 e. The van der Waals surface area contributed by atoms with E-state index in [1.54, 1.807) is 30.3 Å². The Balaban J connectivity index is 1.89.